The van der Waals surface area contributed by atoms with Crippen LogP contribution in [0.1, 0.15) is 35.2 Å². The summed E-state index contributed by atoms with van der Waals surface area (Å²) in [4.78, 5) is 26.3. The number of fused-ring (bicyclic) bond motifs is 1. The third kappa shape index (κ3) is 2.80. The fourth-order valence-electron chi connectivity index (χ4n) is 3.47. The Bertz CT molecular complexity index is 600. The standard InChI is InChI=1S/C17H22N2O3/c1-11-8-13(22-2)6-7-14(11)17(21)19-9-12-4-3-5-16(20)18-15(12)10-19/h6-8,12,15H,3-5,9-10H2,1-2H3,(H,18,20)/t12-,15+/m1/s1. The minimum atomic E-state index is 0.0440. The molecule has 2 heterocycles. The fraction of sp³-hybridized carbons (Fsp3) is 0.529. The van der Waals surface area contributed by atoms with E-state index in [0.717, 1.165) is 30.7 Å². The first-order valence-electron chi connectivity index (χ1n) is 7.82. The third-order valence-corrected chi connectivity index (χ3v) is 4.72. The second kappa shape index (κ2) is 5.99. The smallest absolute Gasteiger partial charge is 0.254 e. The normalized spacial score (nSPS) is 24.5. The van der Waals surface area contributed by atoms with Crippen molar-refractivity contribution in [3.8, 4) is 5.75 Å². The van der Waals surface area contributed by atoms with Gasteiger partial charge in [0, 0.05) is 25.1 Å². The van der Waals surface area contributed by atoms with Gasteiger partial charge in [-0.25, -0.2) is 0 Å². The van der Waals surface area contributed by atoms with Gasteiger partial charge in [-0.2, -0.15) is 0 Å². The quantitative estimate of drug-likeness (QED) is 0.905. The van der Waals surface area contributed by atoms with Crippen LogP contribution in [0.25, 0.3) is 0 Å². The van der Waals surface area contributed by atoms with Crippen molar-refractivity contribution in [1.82, 2.24) is 10.2 Å². The maximum atomic E-state index is 12.8. The number of rotatable bonds is 2. The minimum Gasteiger partial charge on any atom is -0.497 e. The highest BCUT2D eigenvalue weighted by Crippen LogP contribution is 2.27. The molecule has 0 unspecified atom stereocenters. The Hall–Kier alpha value is -2.04. The molecule has 5 nitrogen and oxygen atoms in total. The molecular formula is C17H22N2O3. The molecule has 0 aliphatic carbocycles. The predicted octanol–water partition coefficient (Wildman–Crippen LogP) is 1.74. The molecule has 2 aliphatic heterocycles. The summed E-state index contributed by atoms with van der Waals surface area (Å²) in [5.74, 6) is 1.30. The summed E-state index contributed by atoms with van der Waals surface area (Å²) in [6, 6.07) is 5.63. The zero-order valence-corrected chi connectivity index (χ0v) is 13.1. The monoisotopic (exact) mass is 302 g/mol. The number of methoxy groups -OCH3 is 1. The van der Waals surface area contributed by atoms with E-state index < -0.39 is 0 Å². The number of carbonyl (C=O) groups excluding carboxylic acids is 2. The lowest BCUT2D eigenvalue weighted by Crippen LogP contribution is -2.39. The Morgan fingerprint density at radius 1 is 1.36 bits per heavy atom. The lowest BCUT2D eigenvalue weighted by atomic mass is 9.99. The Morgan fingerprint density at radius 2 is 2.18 bits per heavy atom. The molecule has 2 atom stereocenters. The lowest BCUT2D eigenvalue weighted by molar-refractivity contribution is -0.121. The molecule has 0 bridgehead atoms. The zero-order chi connectivity index (χ0) is 15.7. The second-order valence-electron chi connectivity index (χ2n) is 6.22. The summed E-state index contributed by atoms with van der Waals surface area (Å²) in [5, 5.41) is 3.06. The van der Waals surface area contributed by atoms with Gasteiger partial charge in [0.1, 0.15) is 5.75 Å². The SMILES string of the molecule is COc1ccc(C(=O)N2C[C@H]3CCCC(=O)N[C@H]3C2)c(C)c1. The van der Waals surface area contributed by atoms with Crippen LogP contribution in [-0.4, -0.2) is 43.0 Å². The molecule has 0 saturated carbocycles. The number of hydrogen-bond donors (Lipinski definition) is 1. The van der Waals surface area contributed by atoms with Crippen molar-refractivity contribution < 1.29 is 14.3 Å². The topological polar surface area (TPSA) is 58.6 Å². The summed E-state index contributed by atoms with van der Waals surface area (Å²) < 4.78 is 5.19. The van der Waals surface area contributed by atoms with Crippen LogP contribution in [0.5, 0.6) is 5.75 Å². The minimum absolute atomic E-state index is 0.0440. The number of carbonyl (C=O) groups is 2. The van der Waals surface area contributed by atoms with Crippen molar-refractivity contribution in [2.75, 3.05) is 20.2 Å². The maximum Gasteiger partial charge on any atom is 0.254 e. The van der Waals surface area contributed by atoms with Gasteiger partial charge in [-0.15, -0.1) is 0 Å². The van der Waals surface area contributed by atoms with Crippen LogP contribution in [0.3, 0.4) is 0 Å². The number of nitrogens with zero attached hydrogens (tertiary/aromatic N) is 1. The van der Waals surface area contributed by atoms with Gasteiger partial charge in [0.15, 0.2) is 0 Å². The van der Waals surface area contributed by atoms with E-state index in [-0.39, 0.29) is 17.9 Å². The molecule has 3 rings (SSSR count). The van der Waals surface area contributed by atoms with Crippen molar-refractivity contribution in [2.24, 2.45) is 5.92 Å². The maximum absolute atomic E-state index is 12.8. The Morgan fingerprint density at radius 3 is 2.91 bits per heavy atom. The van der Waals surface area contributed by atoms with E-state index in [1.165, 1.54) is 0 Å². The first kappa shape index (κ1) is 14.9. The van der Waals surface area contributed by atoms with E-state index in [4.69, 9.17) is 4.74 Å². The Kier molecular flexibility index (Phi) is 4.05. The number of ether oxygens (including phenoxy) is 1. The van der Waals surface area contributed by atoms with Crippen molar-refractivity contribution in [2.45, 2.75) is 32.2 Å². The molecule has 0 spiro atoms. The first-order chi connectivity index (χ1) is 10.6. The summed E-state index contributed by atoms with van der Waals surface area (Å²) in [6.07, 6.45) is 2.53. The molecule has 5 heteroatoms. The highest BCUT2D eigenvalue weighted by Gasteiger charge is 2.37. The van der Waals surface area contributed by atoms with Crippen molar-refractivity contribution in [3.05, 3.63) is 29.3 Å². The van der Waals surface area contributed by atoms with Crippen LogP contribution in [0, 0.1) is 12.8 Å². The van der Waals surface area contributed by atoms with Crippen LogP contribution in [0.2, 0.25) is 0 Å². The first-order valence-corrected chi connectivity index (χ1v) is 7.82. The van der Waals surface area contributed by atoms with Gasteiger partial charge in [0.2, 0.25) is 5.91 Å². The predicted molar refractivity (Wildman–Crippen MR) is 82.9 cm³/mol. The van der Waals surface area contributed by atoms with Gasteiger partial charge in [-0.3, -0.25) is 9.59 Å². The van der Waals surface area contributed by atoms with Crippen molar-refractivity contribution in [3.63, 3.8) is 0 Å². The molecule has 2 saturated heterocycles. The number of nitrogens with one attached hydrogen (secondary N) is 1. The Labute approximate surface area is 130 Å². The van der Waals surface area contributed by atoms with Crippen LogP contribution in [0.15, 0.2) is 18.2 Å². The molecule has 22 heavy (non-hydrogen) atoms. The number of likely N-dealkylation sites (tertiary alicyclic amines) is 1. The van der Waals surface area contributed by atoms with E-state index >= 15 is 0 Å². The average Bonchev–Trinajstić information content (AvgIpc) is 2.81. The van der Waals surface area contributed by atoms with Gasteiger partial charge in [-0.05, 0) is 49.4 Å². The zero-order valence-electron chi connectivity index (χ0n) is 13.1. The largest absolute Gasteiger partial charge is 0.497 e. The van der Waals surface area contributed by atoms with Gasteiger partial charge >= 0.3 is 0 Å². The van der Waals surface area contributed by atoms with Gasteiger partial charge in [0.25, 0.3) is 5.91 Å². The molecule has 118 valence electrons. The molecule has 1 N–H and O–H groups in total. The highest BCUT2D eigenvalue weighted by atomic mass is 16.5. The van der Waals surface area contributed by atoms with Crippen LogP contribution < -0.4 is 10.1 Å². The van der Waals surface area contributed by atoms with E-state index in [1.54, 1.807) is 7.11 Å². The highest BCUT2D eigenvalue weighted by molar-refractivity contribution is 5.96. The number of hydrogen-bond acceptors (Lipinski definition) is 3. The van der Waals surface area contributed by atoms with E-state index in [1.807, 2.05) is 30.0 Å². The van der Waals surface area contributed by atoms with Crippen LogP contribution >= 0.6 is 0 Å². The van der Waals surface area contributed by atoms with E-state index in [2.05, 4.69) is 5.32 Å². The van der Waals surface area contributed by atoms with E-state index in [0.29, 0.717) is 24.4 Å². The molecule has 1 aromatic carbocycles. The summed E-state index contributed by atoms with van der Waals surface area (Å²) in [6.45, 7) is 3.27. The average molecular weight is 302 g/mol. The molecule has 2 fully saturated rings. The van der Waals surface area contributed by atoms with E-state index in [9.17, 15) is 9.59 Å². The lowest BCUT2D eigenvalue weighted by Gasteiger charge is -2.18. The molecule has 2 aliphatic rings. The molecule has 2 amide bonds. The van der Waals surface area contributed by atoms with Gasteiger partial charge < -0.3 is 15.0 Å². The third-order valence-electron chi connectivity index (χ3n) is 4.72. The summed E-state index contributed by atoms with van der Waals surface area (Å²) in [5.41, 5.74) is 1.63. The van der Waals surface area contributed by atoms with Crippen molar-refractivity contribution >= 4 is 11.8 Å². The summed E-state index contributed by atoms with van der Waals surface area (Å²) >= 11 is 0. The number of amides is 2. The fourth-order valence-corrected chi connectivity index (χ4v) is 3.47. The number of benzene rings is 1. The van der Waals surface area contributed by atoms with Crippen LogP contribution in [-0.2, 0) is 4.79 Å². The molecule has 0 radical (unpaired) electrons. The van der Waals surface area contributed by atoms with Gasteiger partial charge in [-0.1, -0.05) is 0 Å². The number of aryl methyl sites for hydroxylation is 1. The molecule has 0 aromatic heterocycles. The molecular weight excluding hydrogens is 280 g/mol. The van der Waals surface area contributed by atoms with Gasteiger partial charge in [0.05, 0.1) is 13.2 Å². The molecule has 1 aromatic rings. The van der Waals surface area contributed by atoms with Crippen molar-refractivity contribution in [1.29, 1.82) is 0 Å². The Balaban J connectivity index is 1.75. The van der Waals surface area contributed by atoms with Crippen LogP contribution in [0.4, 0.5) is 0 Å². The second-order valence-corrected chi connectivity index (χ2v) is 6.22. The summed E-state index contributed by atoms with van der Waals surface area (Å²) in [7, 11) is 1.62.